The maximum absolute atomic E-state index is 11.4. The Morgan fingerprint density at radius 3 is 2.72 bits per heavy atom. The second kappa shape index (κ2) is 6.97. The summed E-state index contributed by atoms with van der Waals surface area (Å²) in [6.45, 7) is 10.5. The van der Waals surface area contributed by atoms with E-state index in [1.54, 1.807) is 6.92 Å². The van der Waals surface area contributed by atoms with Gasteiger partial charge in [0.25, 0.3) is 0 Å². The van der Waals surface area contributed by atoms with E-state index in [-0.39, 0.29) is 12.0 Å². The molecule has 0 aliphatic rings. The van der Waals surface area contributed by atoms with Crippen molar-refractivity contribution < 1.29 is 9.53 Å². The molecule has 1 atom stereocenters. The zero-order chi connectivity index (χ0) is 13.5. The van der Waals surface area contributed by atoms with E-state index < -0.39 is 0 Å². The maximum atomic E-state index is 11.4. The fraction of sp³-hybridized carbons (Fsp3) is 0.400. The van der Waals surface area contributed by atoms with Gasteiger partial charge in [0.15, 0.2) is 0 Å². The summed E-state index contributed by atoms with van der Waals surface area (Å²) in [6.07, 6.45) is 0. The number of benzene rings is 1. The summed E-state index contributed by atoms with van der Waals surface area (Å²) < 4.78 is 4.89. The summed E-state index contributed by atoms with van der Waals surface area (Å²) in [4.78, 5) is 11.4. The molecule has 3 heteroatoms. The van der Waals surface area contributed by atoms with Crippen molar-refractivity contribution in [3.05, 3.63) is 47.5 Å². The minimum atomic E-state index is -0.331. The number of hydrogen-bond donors (Lipinski definition) is 1. The number of ether oxygens (including phenoxy) is 1. The quantitative estimate of drug-likeness (QED) is 0.620. The molecular formula is C15H21NO2. The third-order valence-corrected chi connectivity index (χ3v) is 2.84. The highest BCUT2D eigenvalue weighted by atomic mass is 16.5. The van der Waals surface area contributed by atoms with Crippen LogP contribution in [0.15, 0.2) is 36.4 Å². The molecule has 1 aromatic rings. The smallest absolute Gasteiger partial charge is 0.334 e. The molecule has 98 valence electrons. The molecule has 1 rings (SSSR count). The van der Waals surface area contributed by atoms with E-state index in [0.717, 1.165) is 0 Å². The first-order valence-electron chi connectivity index (χ1n) is 6.20. The summed E-state index contributed by atoms with van der Waals surface area (Å²) in [5.41, 5.74) is 2.92. The highest BCUT2D eigenvalue weighted by Crippen LogP contribution is 2.16. The van der Waals surface area contributed by atoms with Gasteiger partial charge in [0.05, 0.1) is 6.61 Å². The standard InChI is InChI=1S/C15H21NO2/c1-5-18-15(17)12(3)10-16-13(4)14-9-7-6-8-11(14)2/h6-9,13,16H,3,5,10H2,1-2,4H3/t13-/m1/s1. The van der Waals surface area contributed by atoms with Crippen LogP contribution in [0, 0.1) is 6.92 Å². The van der Waals surface area contributed by atoms with Crippen LogP contribution in [0.5, 0.6) is 0 Å². The SMILES string of the molecule is C=C(CN[C@H](C)c1ccccc1C)C(=O)OCC. The van der Waals surface area contributed by atoms with Gasteiger partial charge in [0, 0.05) is 18.2 Å². The van der Waals surface area contributed by atoms with Gasteiger partial charge in [0.1, 0.15) is 0 Å². The number of nitrogens with one attached hydrogen (secondary N) is 1. The van der Waals surface area contributed by atoms with Crippen LogP contribution >= 0.6 is 0 Å². The lowest BCUT2D eigenvalue weighted by molar-refractivity contribution is -0.138. The molecule has 1 aromatic carbocycles. The van der Waals surface area contributed by atoms with Crippen LogP contribution in [0.1, 0.15) is 31.0 Å². The van der Waals surface area contributed by atoms with Gasteiger partial charge >= 0.3 is 5.97 Å². The molecule has 0 radical (unpaired) electrons. The predicted molar refractivity (Wildman–Crippen MR) is 73.4 cm³/mol. The lowest BCUT2D eigenvalue weighted by Gasteiger charge is -2.17. The predicted octanol–water partition coefficient (Wildman–Crippen LogP) is 2.76. The van der Waals surface area contributed by atoms with E-state index in [0.29, 0.717) is 18.7 Å². The second-order valence-electron chi connectivity index (χ2n) is 4.28. The zero-order valence-corrected chi connectivity index (χ0v) is 11.3. The first kappa shape index (κ1) is 14.5. The molecule has 0 amide bonds. The molecule has 0 fully saturated rings. The van der Waals surface area contributed by atoms with Gasteiger partial charge in [0.2, 0.25) is 0 Å². The first-order valence-corrected chi connectivity index (χ1v) is 6.20. The second-order valence-corrected chi connectivity index (χ2v) is 4.28. The molecular weight excluding hydrogens is 226 g/mol. The van der Waals surface area contributed by atoms with Crippen LogP contribution in [-0.2, 0) is 9.53 Å². The molecule has 1 N–H and O–H groups in total. The monoisotopic (exact) mass is 247 g/mol. The van der Waals surface area contributed by atoms with Crippen molar-refractivity contribution in [2.24, 2.45) is 0 Å². The Morgan fingerprint density at radius 2 is 2.11 bits per heavy atom. The van der Waals surface area contributed by atoms with Crippen LogP contribution in [-0.4, -0.2) is 19.1 Å². The fourth-order valence-corrected chi connectivity index (χ4v) is 1.76. The Kier molecular flexibility index (Phi) is 5.59. The summed E-state index contributed by atoms with van der Waals surface area (Å²) >= 11 is 0. The molecule has 0 aromatic heterocycles. The van der Waals surface area contributed by atoms with Crippen molar-refractivity contribution in [2.75, 3.05) is 13.2 Å². The van der Waals surface area contributed by atoms with Crippen molar-refractivity contribution in [1.29, 1.82) is 0 Å². The zero-order valence-electron chi connectivity index (χ0n) is 11.3. The highest BCUT2D eigenvalue weighted by Gasteiger charge is 2.11. The lowest BCUT2D eigenvalue weighted by Crippen LogP contribution is -2.25. The molecule has 0 aliphatic carbocycles. The van der Waals surface area contributed by atoms with Crippen molar-refractivity contribution in [1.82, 2.24) is 5.32 Å². The lowest BCUT2D eigenvalue weighted by atomic mass is 10.0. The Balaban J connectivity index is 2.52. The summed E-state index contributed by atoms with van der Waals surface area (Å²) in [7, 11) is 0. The number of carbonyl (C=O) groups excluding carboxylic acids is 1. The van der Waals surface area contributed by atoms with Gasteiger partial charge < -0.3 is 10.1 Å². The molecule has 3 nitrogen and oxygen atoms in total. The number of hydrogen-bond acceptors (Lipinski definition) is 3. The number of carbonyl (C=O) groups is 1. The number of aryl methyl sites for hydroxylation is 1. The van der Waals surface area contributed by atoms with E-state index in [4.69, 9.17) is 4.74 Å². The summed E-state index contributed by atoms with van der Waals surface area (Å²) in [6, 6.07) is 8.37. The van der Waals surface area contributed by atoms with Gasteiger partial charge in [-0.05, 0) is 31.9 Å². The Hall–Kier alpha value is -1.61. The van der Waals surface area contributed by atoms with Gasteiger partial charge in [-0.3, -0.25) is 0 Å². The molecule has 0 heterocycles. The van der Waals surface area contributed by atoms with Gasteiger partial charge in [-0.1, -0.05) is 30.8 Å². The fourth-order valence-electron chi connectivity index (χ4n) is 1.76. The molecule has 0 saturated carbocycles. The van der Waals surface area contributed by atoms with E-state index >= 15 is 0 Å². The molecule has 0 aliphatic heterocycles. The molecule has 0 saturated heterocycles. The minimum Gasteiger partial charge on any atom is -0.463 e. The molecule has 0 unspecified atom stereocenters. The van der Waals surface area contributed by atoms with E-state index in [1.165, 1.54) is 11.1 Å². The minimum absolute atomic E-state index is 0.178. The summed E-state index contributed by atoms with van der Waals surface area (Å²) in [5, 5.41) is 3.28. The molecule has 18 heavy (non-hydrogen) atoms. The summed E-state index contributed by atoms with van der Waals surface area (Å²) in [5.74, 6) is -0.331. The Morgan fingerprint density at radius 1 is 1.44 bits per heavy atom. The van der Waals surface area contributed by atoms with Gasteiger partial charge in [-0.2, -0.15) is 0 Å². The maximum Gasteiger partial charge on any atom is 0.334 e. The third-order valence-electron chi connectivity index (χ3n) is 2.84. The average molecular weight is 247 g/mol. The third kappa shape index (κ3) is 4.00. The molecule has 0 bridgehead atoms. The number of rotatable bonds is 6. The van der Waals surface area contributed by atoms with Gasteiger partial charge in [-0.15, -0.1) is 0 Å². The Labute approximate surface area is 109 Å². The largest absolute Gasteiger partial charge is 0.463 e. The van der Waals surface area contributed by atoms with E-state index in [1.807, 2.05) is 12.1 Å². The number of esters is 1. The van der Waals surface area contributed by atoms with Crippen molar-refractivity contribution in [2.45, 2.75) is 26.8 Å². The van der Waals surface area contributed by atoms with Crippen LogP contribution < -0.4 is 5.32 Å². The van der Waals surface area contributed by atoms with E-state index in [9.17, 15) is 4.79 Å². The Bertz CT molecular complexity index is 426. The van der Waals surface area contributed by atoms with Crippen molar-refractivity contribution in [3.63, 3.8) is 0 Å². The van der Waals surface area contributed by atoms with Crippen LogP contribution in [0.3, 0.4) is 0 Å². The van der Waals surface area contributed by atoms with Gasteiger partial charge in [-0.25, -0.2) is 4.79 Å². The topological polar surface area (TPSA) is 38.3 Å². The van der Waals surface area contributed by atoms with E-state index in [2.05, 4.69) is 37.9 Å². The van der Waals surface area contributed by atoms with Crippen LogP contribution in [0.4, 0.5) is 0 Å². The molecule has 0 spiro atoms. The normalized spacial score (nSPS) is 11.9. The first-order chi connectivity index (χ1) is 8.56. The van der Waals surface area contributed by atoms with Crippen molar-refractivity contribution >= 4 is 5.97 Å². The highest BCUT2D eigenvalue weighted by molar-refractivity contribution is 5.88. The average Bonchev–Trinajstić information content (AvgIpc) is 2.36. The van der Waals surface area contributed by atoms with Crippen LogP contribution in [0.2, 0.25) is 0 Å². The van der Waals surface area contributed by atoms with Crippen LogP contribution in [0.25, 0.3) is 0 Å². The van der Waals surface area contributed by atoms with Crippen molar-refractivity contribution in [3.8, 4) is 0 Å².